The highest BCUT2D eigenvalue weighted by Crippen LogP contribution is 2.55. The first-order valence-electron chi connectivity index (χ1n) is 23.8. The summed E-state index contributed by atoms with van der Waals surface area (Å²) in [6.45, 7) is 17.4. The highest BCUT2D eigenvalue weighted by atomic mass is 32.1. The van der Waals surface area contributed by atoms with Crippen molar-refractivity contribution in [2.75, 3.05) is 31.6 Å². The van der Waals surface area contributed by atoms with Crippen LogP contribution >= 0.6 is 11.3 Å². The van der Waals surface area contributed by atoms with Crippen LogP contribution in [0.4, 0.5) is 18.9 Å². The molecule has 2 fully saturated rings. The van der Waals surface area contributed by atoms with E-state index < -0.39 is 69.7 Å². The van der Waals surface area contributed by atoms with Gasteiger partial charge in [-0.2, -0.15) is 18.4 Å². The maximum Gasteiger partial charge on any atom is 0.417 e. The Morgan fingerprint density at radius 1 is 0.972 bits per heavy atom. The molecule has 3 heterocycles. The Kier molecular flexibility index (Phi) is 16.9. The molecule has 5 N–H and O–H groups in total. The van der Waals surface area contributed by atoms with Crippen molar-refractivity contribution in [1.29, 1.82) is 5.26 Å². The number of aliphatic hydroxyl groups excluding tert-OH is 1. The van der Waals surface area contributed by atoms with Gasteiger partial charge in [0, 0.05) is 66.5 Å². The molecule has 6 rings (SSSR count). The molecular formula is C52H65F3N8O7S. The van der Waals surface area contributed by atoms with Crippen LogP contribution in [-0.4, -0.2) is 100 Å². The number of ether oxygens (including phenoxy) is 2. The van der Waals surface area contributed by atoms with Crippen LogP contribution in [0.1, 0.15) is 120 Å². The van der Waals surface area contributed by atoms with Gasteiger partial charge in [-0.3, -0.25) is 19.2 Å². The molecule has 4 atom stereocenters. The number of halogens is 3. The van der Waals surface area contributed by atoms with Crippen molar-refractivity contribution in [2.45, 2.75) is 131 Å². The van der Waals surface area contributed by atoms with E-state index in [1.807, 2.05) is 86.6 Å². The molecule has 4 aromatic rings. The third kappa shape index (κ3) is 12.9. The van der Waals surface area contributed by atoms with Crippen LogP contribution in [0.25, 0.3) is 10.4 Å². The Balaban J connectivity index is 0.893. The van der Waals surface area contributed by atoms with E-state index in [0.717, 1.165) is 52.5 Å². The van der Waals surface area contributed by atoms with Gasteiger partial charge < -0.3 is 40.7 Å². The number of alkyl halides is 3. The standard InChI is InChI=1S/C52H65F3N8O7S/c1-30(32-13-15-33(16-14-32)42-31(2)59-29-71-42)60-45(67)39-23-37(64)27-63(39)46(68)43(49(3,4)5)61-40(65)28-69-22-12-10-11-21-57-36-19-17-34(18-20-36)44(66)62-47-50(6,7)48(51(47,8)9)70-41-24-38(52(53,54)55)35(25-56)26-58-41/h13-20,24,26,29-30,37,39,43,47-48,57,64H,10-12,21-23,27-28H2,1-9H3,(H,60,67)(H,61,65)(H,62,66)/t30-,37+,39-,43+,47-,48-/m0/s1. The van der Waals surface area contributed by atoms with E-state index in [9.17, 15) is 37.5 Å². The van der Waals surface area contributed by atoms with Crippen molar-refractivity contribution in [2.24, 2.45) is 16.2 Å². The summed E-state index contributed by atoms with van der Waals surface area (Å²) in [7, 11) is 0. The third-order valence-electron chi connectivity index (χ3n) is 13.4. The molecule has 0 spiro atoms. The molecule has 2 aromatic carbocycles. The lowest BCUT2D eigenvalue weighted by atomic mass is 9.49. The predicted octanol–water partition coefficient (Wildman–Crippen LogP) is 7.98. The molecule has 1 aliphatic carbocycles. The molecule has 0 radical (unpaired) electrons. The van der Waals surface area contributed by atoms with E-state index in [-0.39, 0.29) is 49.4 Å². The molecule has 0 bridgehead atoms. The van der Waals surface area contributed by atoms with Crippen molar-refractivity contribution < 1.29 is 46.9 Å². The summed E-state index contributed by atoms with van der Waals surface area (Å²) in [6.07, 6.45) is -3.02. The Bertz CT molecular complexity index is 2560. The normalized spacial score (nSPS) is 20.2. The lowest BCUT2D eigenvalue weighted by molar-refractivity contribution is -0.166. The number of β-amino-alcohol motifs (C(OH)–C–C–N with tert-alkyl or cyclic N) is 1. The second-order valence-corrected chi connectivity index (χ2v) is 21.6. The first kappa shape index (κ1) is 54.2. The molecule has 0 unspecified atom stereocenters. The van der Waals surface area contributed by atoms with Crippen LogP contribution in [0.3, 0.4) is 0 Å². The van der Waals surface area contributed by atoms with Crippen LogP contribution in [0.2, 0.25) is 0 Å². The number of nitriles is 1. The van der Waals surface area contributed by atoms with E-state index in [2.05, 4.69) is 31.2 Å². The number of hydrogen-bond acceptors (Lipinski definition) is 12. The van der Waals surface area contributed by atoms with E-state index in [0.29, 0.717) is 25.1 Å². The topological polar surface area (TPSA) is 208 Å². The number of likely N-dealkylation sites (tertiary alicyclic amines) is 1. The number of thiazole rings is 1. The minimum Gasteiger partial charge on any atom is -0.473 e. The van der Waals surface area contributed by atoms with Crippen LogP contribution < -0.4 is 26.0 Å². The number of rotatable bonds is 19. The Morgan fingerprint density at radius 3 is 2.25 bits per heavy atom. The number of amides is 4. The summed E-state index contributed by atoms with van der Waals surface area (Å²) in [5.74, 6) is -1.87. The van der Waals surface area contributed by atoms with Gasteiger partial charge in [0.1, 0.15) is 30.9 Å². The molecule has 2 aromatic heterocycles. The number of anilines is 1. The van der Waals surface area contributed by atoms with Gasteiger partial charge in [0.2, 0.25) is 23.6 Å². The zero-order valence-electron chi connectivity index (χ0n) is 41.7. The molecular weight excluding hydrogens is 938 g/mol. The monoisotopic (exact) mass is 1000 g/mol. The lowest BCUT2D eigenvalue weighted by Crippen LogP contribution is -2.74. The minimum absolute atomic E-state index is 0.0345. The zero-order valence-corrected chi connectivity index (χ0v) is 42.5. The van der Waals surface area contributed by atoms with Crippen molar-refractivity contribution in [1.82, 2.24) is 30.8 Å². The number of benzene rings is 2. The van der Waals surface area contributed by atoms with Gasteiger partial charge in [-0.05, 0) is 73.9 Å². The van der Waals surface area contributed by atoms with Gasteiger partial charge >= 0.3 is 6.18 Å². The molecule has 19 heteroatoms. The number of aromatic nitrogens is 2. The molecule has 1 aliphatic heterocycles. The average molecular weight is 1000 g/mol. The second-order valence-electron chi connectivity index (χ2n) is 20.7. The highest BCUT2D eigenvalue weighted by molar-refractivity contribution is 7.13. The summed E-state index contributed by atoms with van der Waals surface area (Å²) in [5, 5.41) is 32.0. The van der Waals surface area contributed by atoms with Gasteiger partial charge in [0.25, 0.3) is 5.91 Å². The van der Waals surface area contributed by atoms with Gasteiger partial charge in [-0.25, -0.2) is 9.97 Å². The number of unbranched alkanes of at least 4 members (excludes halogenated alkanes) is 2. The quantitative estimate of drug-likeness (QED) is 0.0569. The number of carbonyl (C=O) groups excluding carboxylic acids is 4. The molecule has 15 nitrogen and oxygen atoms in total. The summed E-state index contributed by atoms with van der Waals surface area (Å²) < 4.78 is 52.4. The molecule has 4 amide bonds. The average Bonchev–Trinajstić information content (AvgIpc) is 3.94. The SMILES string of the molecule is Cc1ncsc1-c1ccc([C@H](C)NC(=O)[C@@H]2C[C@@H](O)CN2C(=O)[C@@H](NC(=O)COCCCCCNc2ccc(C(=O)N[C@H]3C(C)(C)[C@H](Oc4cc(C(F)(F)F)c(C#N)cn4)C3(C)C)cc2)C(C)(C)C)cc1. The number of hydrogen-bond donors (Lipinski definition) is 5. The van der Waals surface area contributed by atoms with E-state index in [1.54, 1.807) is 41.1 Å². The summed E-state index contributed by atoms with van der Waals surface area (Å²) >= 11 is 1.56. The van der Waals surface area contributed by atoms with Crippen LogP contribution in [0.15, 0.2) is 66.3 Å². The molecule has 382 valence electrons. The Morgan fingerprint density at radius 2 is 1.65 bits per heavy atom. The van der Waals surface area contributed by atoms with E-state index in [4.69, 9.17) is 14.7 Å². The van der Waals surface area contributed by atoms with Gasteiger partial charge in [-0.1, -0.05) is 72.7 Å². The smallest absolute Gasteiger partial charge is 0.417 e. The number of nitrogens with zero attached hydrogens (tertiary/aromatic N) is 4. The first-order chi connectivity index (χ1) is 33.3. The maximum absolute atomic E-state index is 14.1. The highest BCUT2D eigenvalue weighted by Gasteiger charge is 2.64. The summed E-state index contributed by atoms with van der Waals surface area (Å²) in [6, 6.07) is 14.5. The third-order valence-corrected chi connectivity index (χ3v) is 14.4. The van der Waals surface area contributed by atoms with Crippen molar-refractivity contribution in [3.05, 3.63) is 94.3 Å². The first-order valence-corrected chi connectivity index (χ1v) is 24.7. The maximum atomic E-state index is 14.1. The van der Waals surface area contributed by atoms with Crippen LogP contribution in [0.5, 0.6) is 5.88 Å². The van der Waals surface area contributed by atoms with Gasteiger partial charge in [-0.15, -0.1) is 11.3 Å². The number of pyridine rings is 1. The number of nitrogens with one attached hydrogen (secondary N) is 4. The second kappa shape index (κ2) is 22.1. The lowest BCUT2D eigenvalue weighted by Gasteiger charge is -2.62. The zero-order chi connectivity index (χ0) is 52.1. The number of carbonyl (C=O) groups is 4. The number of aliphatic hydroxyl groups is 1. The van der Waals surface area contributed by atoms with E-state index in [1.165, 1.54) is 11.0 Å². The number of aryl methyl sites for hydroxylation is 1. The Labute approximate surface area is 417 Å². The molecule has 2 aliphatic rings. The minimum atomic E-state index is -4.75. The van der Waals surface area contributed by atoms with Crippen molar-refractivity contribution >= 4 is 40.7 Å². The van der Waals surface area contributed by atoms with Gasteiger partial charge in [0.15, 0.2) is 0 Å². The fourth-order valence-electron chi connectivity index (χ4n) is 9.82. The fraction of sp³-hybridized carbons (Fsp3) is 0.519. The predicted molar refractivity (Wildman–Crippen MR) is 263 cm³/mol. The summed E-state index contributed by atoms with van der Waals surface area (Å²) in [4.78, 5) is 64.9. The van der Waals surface area contributed by atoms with Crippen LogP contribution in [0, 0.1) is 34.5 Å². The van der Waals surface area contributed by atoms with Crippen LogP contribution in [-0.2, 0) is 25.3 Å². The Hall–Kier alpha value is -6.10. The van der Waals surface area contributed by atoms with Crippen molar-refractivity contribution in [3.8, 4) is 22.4 Å². The summed E-state index contributed by atoms with van der Waals surface area (Å²) in [5.41, 5.74) is 2.14. The van der Waals surface area contributed by atoms with Crippen molar-refractivity contribution in [3.63, 3.8) is 0 Å². The molecule has 1 saturated heterocycles. The molecule has 1 saturated carbocycles. The fourth-order valence-corrected chi connectivity index (χ4v) is 10.6. The largest absolute Gasteiger partial charge is 0.473 e. The van der Waals surface area contributed by atoms with Gasteiger partial charge in [0.05, 0.1) is 39.4 Å². The van der Waals surface area contributed by atoms with E-state index >= 15 is 0 Å². The molecule has 71 heavy (non-hydrogen) atoms.